The standard InChI is InChI=1S/C13H14N2/c1-9-4-5-11(13(14)6-7-13)10-3-2-8-15-12(9)10/h2-5,8H,6-7,14H2,1H3. The highest BCUT2D eigenvalue weighted by molar-refractivity contribution is 5.86. The number of hydrogen-bond acceptors (Lipinski definition) is 2. The van der Waals surface area contributed by atoms with Crippen LogP contribution in [0.15, 0.2) is 30.5 Å². The second-order valence-electron chi connectivity index (χ2n) is 4.49. The zero-order valence-corrected chi connectivity index (χ0v) is 8.83. The molecule has 1 fully saturated rings. The molecule has 0 atom stereocenters. The van der Waals surface area contributed by atoms with Crippen molar-refractivity contribution in [3.05, 3.63) is 41.6 Å². The van der Waals surface area contributed by atoms with Gasteiger partial charge in [0.05, 0.1) is 5.52 Å². The van der Waals surface area contributed by atoms with Gasteiger partial charge >= 0.3 is 0 Å². The Balaban J connectivity index is 2.36. The van der Waals surface area contributed by atoms with Crippen LogP contribution in [-0.2, 0) is 5.54 Å². The highest BCUT2D eigenvalue weighted by atomic mass is 14.8. The van der Waals surface area contributed by atoms with E-state index in [0.29, 0.717) is 0 Å². The summed E-state index contributed by atoms with van der Waals surface area (Å²) in [5.41, 5.74) is 9.75. The van der Waals surface area contributed by atoms with E-state index in [1.54, 1.807) is 0 Å². The molecule has 0 spiro atoms. The van der Waals surface area contributed by atoms with Gasteiger partial charge in [-0.05, 0) is 37.0 Å². The number of aryl methyl sites for hydroxylation is 1. The molecule has 1 aliphatic carbocycles. The molecular weight excluding hydrogens is 184 g/mol. The van der Waals surface area contributed by atoms with E-state index in [-0.39, 0.29) is 5.54 Å². The van der Waals surface area contributed by atoms with Gasteiger partial charge in [0.2, 0.25) is 0 Å². The molecule has 0 radical (unpaired) electrons. The SMILES string of the molecule is Cc1ccc(C2(N)CC2)c2cccnc12. The second kappa shape index (κ2) is 2.80. The largest absolute Gasteiger partial charge is 0.321 e. The van der Waals surface area contributed by atoms with E-state index in [4.69, 9.17) is 5.73 Å². The first kappa shape index (κ1) is 8.86. The van der Waals surface area contributed by atoms with E-state index in [2.05, 4.69) is 30.1 Å². The third-order valence-corrected chi connectivity index (χ3v) is 3.30. The Hall–Kier alpha value is -1.41. The van der Waals surface area contributed by atoms with Gasteiger partial charge in [-0.25, -0.2) is 0 Å². The van der Waals surface area contributed by atoms with Crippen LogP contribution in [0.2, 0.25) is 0 Å². The first-order valence-corrected chi connectivity index (χ1v) is 5.34. The molecule has 0 unspecified atom stereocenters. The van der Waals surface area contributed by atoms with E-state index in [1.807, 2.05) is 12.3 Å². The number of benzene rings is 1. The van der Waals surface area contributed by atoms with Crippen LogP contribution in [0.3, 0.4) is 0 Å². The van der Waals surface area contributed by atoms with Crippen molar-refractivity contribution in [2.24, 2.45) is 5.73 Å². The lowest BCUT2D eigenvalue weighted by Gasteiger charge is -2.13. The van der Waals surface area contributed by atoms with Crippen molar-refractivity contribution in [3.63, 3.8) is 0 Å². The van der Waals surface area contributed by atoms with E-state index < -0.39 is 0 Å². The Morgan fingerprint density at radius 1 is 1.27 bits per heavy atom. The molecule has 0 saturated heterocycles. The zero-order chi connectivity index (χ0) is 10.5. The molecule has 2 nitrogen and oxygen atoms in total. The molecule has 2 heteroatoms. The van der Waals surface area contributed by atoms with Crippen LogP contribution in [0.1, 0.15) is 24.0 Å². The fourth-order valence-electron chi connectivity index (χ4n) is 2.15. The lowest BCUT2D eigenvalue weighted by molar-refractivity contribution is 0.747. The van der Waals surface area contributed by atoms with Crippen molar-refractivity contribution in [2.75, 3.05) is 0 Å². The van der Waals surface area contributed by atoms with E-state index in [1.165, 1.54) is 16.5 Å². The molecular formula is C13H14N2. The highest BCUT2D eigenvalue weighted by Crippen LogP contribution is 2.45. The van der Waals surface area contributed by atoms with Gasteiger partial charge in [-0.3, -0.25) is 4.98 Å². The minimum Gasteiger partial charge on any atom is -0.321 e. The predicted molar refractivity (Wildman–Crippen MR) is 61.6 cm³/mol. The lowest BCUT2D eigenvalue weighted by atomic mass is 9.98. The lowest BCUT2D eigenvalue weighted by Crippen LogP contribution is -2.19. The Morgan fingerprint density at radius 3 is 2.80 bits per heavy atom. The summed E-state index contributed by atoms with van der Waals surface area (Å²) in [6, 6.07) is 8.39. The average molecular weight is 198 g/mol. The summed E-state index contributed by atoms with van der Waals surface area (Å²) in [6.07, 6.45) is 4.04. The van der Waals surface area contributed by atoms with Gasteiger partial charge in [0.15, 0.2) is 0 Å². The quantitative estimate of drug-likeness (QED) is 0.764. The number of nitrogens with zero attached hydrogens (tertiary/aromatic N) is 1. The zero-order valence-electron chi connectivity index (χ0n) is 8.83. The van der Waals surface area contributed by atoms with Gasteiger partial charge in [0.1, 0.15) is 0 Å². The monoisotopic (exact) mass is 198 g/mol. The normalized spacial score (nSPS) is 18.0. The molecule has 0 aliphatic heterocycles. The van der Waals surface area contributed by atoms with Crippen LogP contribution in [0, 0.1) is 6.92 Å². The van der Waals surface area contributed by atoms with E-state index >= 15 is 0 Å². The van der Waals surface area contributed by atoms with Gasteiger partial charge < -0.3 is 5.73 Å². The number of pyridine rings is 1. The molecule has 15 heavy (non-hydrogen) atoms. The predicted octanol–water partition coefficient (Wildman–Crippen LogP) is 2.49. The number of aromatic nitrogens is 1. The van der Waals surface area contributed by atoms with Crippen molar-refractivity contribution in [3.8, 4) is 0 Å². The van der Waals surface area contributed by atoms with Gasteiger partial charge in [-0.2, -0.15) is 0 Å². The molecule has 1 heterocycles. The first-order valence-electron chi connectivity index (χ1n) is 5.34. The van der Waals surface area contributed by atoms with Crippen LogP contribution in [0.4, 0.5) is 0 Å². The number of fused-ring (bicyclic) bond motifs is 1. The van der Waals surface area contributed by atoms with Crippen molar-refractivity contribution in [1.29, 1.82) is 0 Å². The minimum absolute atomic E-state index is 0.0744. The van der Waals surface area contributed by atoms with Gasteiger partial charge in [-0.1, -0.05) is 18.2 Å². The van der Waals surface area contributed by atoms with Crippen LogP contribution in [0.5, 0.6) is 0 Å². The molecule has 2 aromatic rings. The van der Waals surface area contributed by atoms with Crippen LogP contribution in [-0.4, -0.2) is 4.98 Å². The molecule has 76 valence electrons. The Bertz CT molecular complexity index is 527. The summed E-state index contributed by atoms with van der Waals surface area (Å²) < 4.78 is 0. The third kappa shape index (κ3) is 1.25. The Labute approximate surface area is 89.1 Å². The van der Waals surface area contributed by atoms with Gasteiger partial charge in [-0.15, -0.1) is 0 Å². The van der Waals surface area contributed by atoms with Crippen molar-refractivity contribution >= 4 is 10.9 Å². The van der Waals surface area contributed by atoms with E-state index in [9.17, 15) is 0 Å². The van der Waals surface area contributed by atoms with Crippen LogP contribution >= 0.6 is 0 Å². The maximum Gasteiger partial charge on any atom is 0.0734 e. The van der Waals surface area contributed by atoms with Crippen LogP contribution in [0.25, 0.3) is 10.9 Å². The second-order valence-corrected chi connectivity index (χ2v) is 4.49. The summed E-state index contributed by atoms with van der Waals surface area (Å²) in [7, 11) is 0. The molecule has 3 rings (SSSR count). The highest BCUT2D eigenvalue weighted by Gasteiger charge is 2.41. The van der Waals surface area contributed by atoms with Crippen molar-refractivity contribution in [1.82, 2.24) is 4.98 Å². The molecule has 0 bridgehead atoms. The maximum absolute atomic E-state index is 6.26. The fourth-order valence-corrected chi connectivity index (χ4v) is 2.15. The molecule has 2 N–H and O–H groups in total. The molecule has 1 aromatic carbocycles. The van der Waals surface area contributed by atoms with Gasteiger partial charge in [0.25, 0.3) is 0 Å². The van der Waals surface area contributed by atoms with Crippen LogP contribution < -0.4 is 5.73 Å². The number of hydrogen-bond donors (Lipinski definition) is 1. The average Bonchev–Trinajstić information content (AvgIpc) is 2.98. The van der Waals surface area contributed by atoms with Crippen molar-refractivity contribution < 1.29 is 0 Å². The van der Waals surface area contributed by atoms with E-state index in [0.717, 1.165) is 18.4 Å². The summed E-state index contributed by atoms with van der Waals surface area (Å²) in [5, 5.41) is 1.22. The fraction of sp³-hybridized carbons (Fsp3) is 0.308. The maximum atomic E-state index is 6.26. The molecule has 1 aromatic heterocycles. The summed E-state index contributed by atoms with van der Waals surface area (Å²) >= 11 is 0. The van der Waals surface area contributed by atoms with Crippen molar-refractivity contribution in [2.45, 2.75) is 25.3 Å². The smallest absolute Gasteiger partial charge is 0.0734 e. The Kier molecular flexibility index (Phi) is 1.65. The minimum atomic E-state index is -0.0744. The number of nitrogens with two attached hydrogens (primary N) is 1. The van der Waals surface area contributed by atoms with Gasteiger partial charge in [0, 0.05) is 17.1 Å². The molecule has 1 aliphatic rings. The molecule has 1 saturated carbocycles. The Morgan fingerprint density at radius 2 is 2.07 bits per heavy atom. The summed E-state index contributed by atoms with van der Waals surface area (Å²) in [4.78, 5) is 4.43. The topological polar surface area (TPSA) is 38.9 Å². The number of rotatable bonds is 1. The third-order valence-electron chi connectivity index (χ3n) is 3.30. The molecule has 0 amide bonds. The summed E-state index contributed by atoms with van der Waals surface area (Å²) in [6.45, 7) is 2.09. The first-order chi connectivity index (χ1) is 7.21. The summed E-state index contributed by atoms with van der Waals surface area (Å²) in [5.74, 6) is 0.